The maximum absolute atomic E-state index is 13.9. The molecule has 0 aliphatic carbocycles. The van der Waals surface area contributed by atoms with Gasteiger partial charge in [0.25, 0.3) is 0 Å². The summed E-state index contributed by atoms with van der Waals surface area (Å²) in [6.45, 7) is 0.0209. The van der Waals surface area contributed by atoms with E-state index in [-0.39, 0.29) is 23.8 Å². The van der Waals surface area contributed by atoms with Crippen LogP contribution in [0.1, 0.15) is 23.1 Å². The Morgan fingerprint density at radius 3 is 2.77 bits per heavy atom. The highest BCUT2D eigenvalue weighted by molar-refractivity contribution is 8.15. The molecule has 10 heteroatoms. The molecule has 8 nitrogen and oxygen atoms in total. The quantitative estimate of drug-likeness (QED) is 0.518. The molecule has 0 spiro atoms. The predicted molar refractivity (Wildman–Crippen MR) is 109 cm³/mol. The number of benzene rings is 2. The van der Waals surface area contributed by atoms with Crippen LogP contribution in [0.15, 0.2) is 52.7 Å². The maximum atomic E-state index is 13.9. The summed E-state index contributed by atoms with van der Waals surface area (Å²) >= 11 is 1.02. The van der Waals surface area contributed by atoms with E-state index in [1.807, 2.05) is 6.07 Å². The molecular weight excluding hydrogens is 411 g/mol. The summed E-state index contributed by atoms with van der Waals surface area (Å²) in [6, 6.07) is 12.9. The number of halogens is 1. The van der Waals surface area contributed by atoms with Crippen molar-refractivity contribution in [2.45, 2.75) is 18.3 Å². The number of hydrogen-bond acceptors (Lipinski definition) is 7. The molecule has 1 heterocycles. The Morgan fingerprint density at radius 1 is 1.33 bits per heavy atom. The van der Waals surface area contributed by atoms with E-state index in [0.29, 0.717) is 16.9 Å². The minimum atomic E-state index is -1.06. The van der Waals surface area contributed by atoms with Gasteiger partial charge in [0.15, 0.2) is 5.17 Å². The summed E-state index contributed by atoms with van der Waals surface area (Å²) in [4.78, 5) is 22.3. The fourth-order valence-electron chi connectivity index (χ4n) is 2.44. The fraction of sp³-hybridized carbons (Fsp3) is 0.150. The molecular formula is C20H15FN4O4S. The van der Waals surface area contributed by atoms with Gasteiger partial charge in [0.05, 0.1) is 24.3 Å². The van der Waals surface area contributed by atoms with Gasteiger partial charge in [-0.1, -0.05) is 17.8 Å². The van der Waals surface area contributed by atoms with Crippen molar-refractivity contribution in [1.82, 2.24) is 5.32 Å². The van der Waals surface area contributed by atoms with Crippen LogP contribution >= 0.6 is 11.8 Å². The molecule has 1 saturated heterocycles. The fourth-order valence-corrected chi connectivity index (χ4v) is 3.35. The third kappa shape index (κ3) is 5.65. The molecule has 2 aromatic carbocycles. The molecule has 1 aliphatic rings. The molecule has 30 heavy (non-hydrogen) atoms. The van der Waals surface area contributed by atoms with E-state index in [4.69, 9.17) is 15.1 Å². The van der Waals surface area contributed by atoms with Gasteiger partial charge >= 0.3 is 5.97 Å². The van der Waals surface area contributed by atoms with Crippen LogP contribution in [0.4, 0.5) is 4.39 Å². The monoisotopic (exact) mass is 426 g/mol. The van der Waals surface area contributed by atoms with Crippen molar-refractivity contribution < 1.29 is 23.8 Å². The first-order chi connectivity index (χ1) is 14.4. The zero-order valence-corrected chi connectivity index (χ0v) is 16.2. The third-order valence-corrected chi connectivity index (χ3v) is 5.02. The van der Waals surface area contributed by atoms with Gasteiger partial charge in [-0.2, -0.15) is 10.4 Å². The number of carboxylic acid groups (broad SMARTS) is 1. The topological polar surface area (TPSA) is 124 Å². The van der Waals surface area contributed by atoms with Crippen LogP contribution in [0.5, 0.6) is 5.75 Å². The predicted octanol–water partition coefficient (Wildman–Crippen LogP) is 2.67. The first-order valence-electron chi connectivity index (χ1n) is 8.66. The van der Waals surface area contributed by atoms with Crippen LogP contribution in [-0.4, -0.2) is 33.6 Å². The lowest BCUT2D eigenvalue weighted by Gasteiger charge is -2.07. The molecule has 1 fully saturated rings. The summed E-state index contributed by atoms with van der Waals surface area (Å²) < 4.78 is 19.4. The molecule has 0 radical (unpaired) electrons. The SMILES string of the molecule is N#Cc1ccc(COc2ccc(C=NN=C3NC(=O)C(CC(=O)O)S3)cc2)c(F)c1. The van der Waals surface area contributed by atoms with Crippen molar-refractivity contribution in [2.24, 2.45) is 10.2 Å². The Bertz CT molecular complexity index is 1060. The summed E-state index contributed by atoms with van der Waals surface area (Å²) in [5, 5.41) is 27.3. The molecule has 2 aromatic rings. The lowest BCUT2D eigenvalue weighted by Crippen LogP contribution is -2.26. The molecule has 1 amide bonds. The van der Waals surface area contributed by atoms with Gasteiger partial charge in [0, 0.05) is 5.56 Å². The highest BCUT2D eigenvalue weighted by Crippen LogP contribution is 2.22. The number of rotatable bonds is 7. The van der Waals surface area contributed by atoms with Gasteiger partial charge in [-0.15, -0.1) is 5.10 Å². The average Bonchev–Trinajstić information content (AvgIpc) is 3.06. The molecule has 0 saturated carbocycles. The number of carboxylic acids is 1. The number of thioether (sulfide) groups is 1. The lowest BCUT2D eigenvalue weighted by molar-refractivity contribution is -0.138. The first-order valence-corrected chi connectivity index (χ1v) is 9.54. The molecule has 3 rings (SSSR count). The number of nitrogens with one attached hydrogen (secondary N) is 1. The molecule has 1 unspecified atom stereocenters. The van der Waals surface area contributed by atoms with Crippen molar-refractivity contribution >= 4 is 35.0 Å². The lowest BCUT2D eigenvalue weighted by atomic mass is 10.1. The summed E-state index contributed by atoms with van der Waals surface area (Å²) in [7, 11) is 0. The van der Waals surface area contributed by atoms with Crippen molar-refractivity contribution in [1.29, 1.82) is 5.26 Å². The van der Waals surface area contributed by atoms with Crippen LogP contribution in [0.3, 0.4) is 0 Å². The van der Waals surface area contributed by atoms with E-state index in [1.54, 1.807) is 24.3 Å². The molecule has 2 N–H and O–H groups in total. The maximum Gasteiger partial charge on any atom is 0.305 e. The van der Waals surface area contributed by atoms with E-state index < -0.39 is 22.9 Å². The van der Waals surface area contributed by atoms with Crippen molar-refractivity contribution in [3.8, 4) is 11.8 Å². The molecule has 0 bridgehead atoms. The summed E-state index contributed by atoms with van der Waals surface area (Å²) in [5.41, 5.74) is 1.30. The minimum absolute atomic E-state index is 0.0209. The second-order valence-corrected chi connectivity index (χ2v) is 7.31. The second-order valence-electron chi connectivity index (χ2n) is 6.12. The normalized spacial score (nSPS) is 17.1. The number of hydrogen-bond donors (Lipinski definition) is 2. The Kier molecular flexibility index (Phi) is 6.77. The summed E-state index contributed by atoms with van der Waals surface area (Å²) in [5.74, 6) is -1.44. The highest BCUT2D eigenvalue weighted by Gasteiger charge is 2.32. The Hall–Kier alpha value is -3.71. The number of nitrogens with zero attached hydrogens (tertiary/aromatic N) is 3. The second kappa shape index (κ2) is 9.67. The minimum Gasteiger partial charge on any atom is -0.489 e. The standard InChI is InChI=1S/C20H15FN4O4S/c21-16-7-13(9-22)1-4-14(16)11-29-15-5-2-12(3-6-15)10-23-25-20-24-19(28)17(30-20)8-18(26)27/h1-7,10,17H,8,11H2,(H,26,27)(H,24,25,28). The van der Waals surface area contributed by atoms with Crippen LogP contribution in [0.2, 0.25) is 0 Å². The number of ether oxygens (including phenoxy) is 1. The number of amides is 1. The largest absolute Gasteiger partial charge is 0.489 e. The first kappa shape index (κ1) is 21.0. The van der Waals surface area contributed by atoms with Gasteiger partial charge in [-0.25, -0.2) is 4.39 Å². The van der Waals surface area contributed by atoms with Gasteiger partial charge in [0.2, 0.25) is 5.91 Å². The van der Waals surface area contributed by atoms with Gasteiger partial charge < -0.3 is 15.2 Å². The molecule has 152 valence electrons. The smallest absolute Gasteiger partial charge is 0.305 e. The Labute approximate surface area is 175 Å². The van der Waals surface area contributed by atoms with Gasteiger partial charge in [-0.3, -0.25) is 9.59 Å². The molecule has 1 atom stereocenters. The van der Waals surface area contributed by atoms with Crippen LogP contribution in [0, 0.1) is 17.1 Å². The van der Waals surface area contributed by atoms with Crippen LogP contribution in [-0.2, 0) is 16.2 Å². The van der Waals surface area contributed by atoms with Crippen molar-refractivity contribution in [2.75, 3.05) is 0 Å². The zero-order valence-electron chi connectivity index (χ0n) is 15.4. The molecule has 1 aliphatic heterocycles. The number of nitriles is 1. The average molecular weight is 426 g/mol. The number of amidine groups is 1. The number of aliphatic carboxylic acids is 1. The zero-order chi connectivity index (χ0) is 21.5. The van der Waals surface area contributed by atoms with E-state index in [9.17, 15) is 14.0 Å². The van der Waals surface area contributed by atoms with Gasteiger partial charge in [-0.05, 0) is 42.0 Å². The van der Waals surface area contributed by atoms with E-state index >= 15 is 0 Å². The van der Waals surface area contributed by atoms with E-state index in [2.05, 4.69) is 15.5 Å². The van der Waals surface area contributed by atoms with Gasteiger partial charge in [0.1, 0.15) is 23.4 Å². The number of carbonyl (C=O) groups excluding carboxylic acids is 1. The van der Waals surface area contributed by atoms with Crippen LogP contribution < -0.4 is 10.1 Å². The molecule has 0 aromatic heterocycles. The third-order valence-electron chi connectivity index (χ3n) is 3.95. The summed E-state index contributed by atoms with van der Waals surface area (Å²) in [6.07, 6.45) is 1.18. The van der Waals surface area contributed by atoms with Crippen molar-refractivity contribution in [3.05, 3.63) is 65.0 Å². The van der Waals surface area contributed by atoms with Crippen LogP contribution in [0.25, 0.3) is 0 Å². The number of carbonyl (C=O) groups is 2. The Morgan fingerprint density at radius 2 is 2.10 bits per heavy atom. The highest BCUT2D eigenvalue weighted by atomic mass is 32.2. The Balaban J connectivity index is 1.54. The van der Waals surface area contributed by atoms with E-state index in [0.717, 1.165) is 17.8 Å². The van der Waals surface area contributed by atoms with Crippen molar-refractivity contribution in [3.63, 3.8) is 0 Å². The van der Waals surface area contributed by atoms with E-state index in [1.165, 1.54) is 18.3 Å².